The fourth-order valence-corrected chi connectivity index (χ4v) is 3.46. The Balaban J connectivity index is 2.62. The zero-order valence-corrected chi connectivity index (χ0v) is 12.1. The van der Waals surface area contributed by atoms with Crippen molar-refractivity contribution < 1.29 is 24.6 Å². The van der Waals surface area contributed by atoms with E-state index >= 15 is 0 Å². The summed E-state index contributed by atoms with van der Waals surface area (Å²) in [5.41, 5.74) is -0.595. The highest BCUT2D eigenvalue weighted by molar-refractivity contribution is 5.99. The number of piperidine rings is 1. The van der Waals surface area contributed by atoms with Crippen LogP contribution in [0.3, 0.4) is 0 Å². The van der Waals surface area contributed by atoms with Gasteiger partial charge in [0.25, 0.3) is 0 Å². The van der Waals surface area contributed by atoms with E-state index in [4.69, 9.17) is 5.11 Å². The van der Waals surface area contributed by atoms with Crippen LogP contribution in [0.2, 0.25) is 0 Å². The molecule has 2 N–H and O–H groups in total. The summed E-state index contributed by atoms with van der Waals surface area (Å²) in [4.78, 5) is 36.2. The number of carbonyl (C=O) groups excluding carboxylic acids is 1. The SMILES string of the molecule is CC(=O)C1=CC2(/C(=C\C(=O)O)C(=O)O)CCCC(C1)N2C. The summed E-state index contributed by atoms with van der Waals surface area (Å²) in [7, 11) is 1.80. The number of aliphatic carboxylic acids is 2. The van der Waals surface area contributed by atoms with E-state index in [1.165, 1.54) is 6.92 Å². The molecule has 0 amide bonds. The number of hydrogen-bond acceptors (Lipinski definition) is 4. The normalized spacial score (nSPS) is 29.7. The van der Waals surface area contributed by atoms with Gasteiger partial charge in [0, 0.05) is 12.1 Å². The second-order valence-corrected chi connectivity index (χ2v) is 5.71. The van der Waals surface area contributed by atoms with Gasteiger partial charge in [0.05, 0.1) is 11.1 Å². The topological polar surface area (TPSA) is 94.9 Å². The first-order valence-corrected chi connectivity index (χ1v) is 6.92. The third-order valence-electron chi connectivity index (χ3n) is 4.56. The van der Waals surface area contributed by atoms with Gasteiger partial charge in [0.15, 0.2) is 5.78 Å². The molecular weight excluding hydrogens is 274 g/mol. The number of rotatable bonds is 4. The van der Waals surface area contributed by atoms with E-state index in [0.717, 1.165) is 18.9 Å². The van der Waals surface area contributed by atoms with Crippen LogP contribution in [0.5, 0.6) is 0 Å². The molecular formula is C15H19NO5. The highest BCUT2D eigenvalue weighted by Gasteiger charge is 2.48. The Morgan fingerprint density at radius 3 is 2.57 bits per heavy atom. The summed E-state index contributed by atoms with van der Waals surface area (Å²) in [5, 5.41) is 18.4. The molecule has 0 radical (unpaired) electrons. The van der Waals surface area contributed by atoms with Gasteiger partial charge in [-0.05, 0) is 45.2 Å². The number of nitrogens with zero attached hydrogens (tertiary/aromatic N) is 1. The monoisotopic (exact) mass is 293 g/mol. The van der Waals surface area contributed by atoms with Gasteiger partial charge < -0.3 is 10.2 Å². The number of carbonyl (C=O) groups is 3. The van der Waals surface area contributed by atoms with Crippen LogP contribution in [-0.2, 0) is 14.4 Å². The number of likely N-dealkylation sites (N-methyl/N-ethyl adjacent to an activating group) is 1. The molecule has 114 valence electrons. The highest BCUT2D eigenvalue weighted by atomic mass is 16.4. The van der Waals surface area contributed by atoms with E-state index in [9.17, 15) is 19.5 Å². The van der Waals surface area contributed by atoms with Gasteiger partial charge in [-0.25, -0.2) is 9.59 Å². The molecule has 2 aliphatic rings. The van der Waals surface area contributed by atoms with Gasteiger partial charge in [0.2, 0.25) is 0 Å². The van der Waals surface area contributed by atoms with Crippen molar-refractivity contribution in [1.82, 2.24) is 4.90 Å². The second-order valence-electron chi connectivity index (χ2n) is 5.71. The Bertz CT molecular complexity index is 562. The van der Waals surface area contributed by atoms with E-state index in [2.05, 4.69) is 0 Å². The summed E-state index contributed by atoms with van der Waals surface area (Å²) in [6, 6.07) is 0.0687. The number of ketones is 1. The van der Waals surface area contributed by atoms with E-state index in [1.54, 1.807) is 13.1 Å². The molecule has 6 heteroatoms. The smallest absolute Gasteiger partial charge is 0.334 e. The molecule has 6 nitrogen and oxygen atoms in total. The van der Waals surface area contributed by atoms with Crippen molar-refractivity contribution in [2.45, 2.75) is 44.2 Å². The van der Waals surface area contributed by atoms with Crippen LogP contribution in [0, 0.1) is 0 Å². The molecule has 0 saturated carbocycles. The van der Waals surface area contributed by atoms with Crippen molar-refractivity contribution >= 4 is 17.7 Å². The first-order valence-electron chi connectivity index (χ1n) is 6.92. The molecule has 2 heterocycles. The lowest BCUT2D eigenvalue weighted by molar-refractivity contribution is -0.136. The molecule has 0 aromatic rings. The molecule has 2 rings (SSSR count). The number of Topliss-reactive ketones (excluding diaryl/α,β-unsaturated/α-hetero) is 1. The van der Waals surface area contributed by atoms with Crippen LogP contribution < -0.4 is 0 Å². The number of hydrogen-bond donors (Lipinski definition) is 2. The van der Waals surface area contributed by atoms with Crippen LogP contribution in [0.1, 0.15) is 32.6 Å². The maximum Gasteiger partial charge on any atom is 0.334 e. The minimum Gasteiger partial charge on any atom is -0.478 e. The number of carboxylic acid groups (broad SMARTS) is 2. The lowest BCUT2D eigenvalue weighted by atomic mass is 9.71. The molecule has 1 fully saturated rings. The van der Waals surface area contributed by atoms with Crippen LogP contribution >= 0.6 is 0 Å². The van der Waals surface area contributed by atoms with Crippen molar-refractivity contribution in [3.05, 3.63) is 23.3 Å². The summed E-state index contributed by atoms with van der Waals surface area (Å²) in [6.45, 7) is 1.46. The Morgan fingerprint density at radius 1 is 1.38 bits per heavy atom. The molecule has 2 aliphatic heterocycles. The van der Waals surface area contributed by atoms with Crippen LogP contribution in [0.4, 0.5) is 0 Å². The summed E-state index contributed by atoms with van der Waals surface area (Å²) in [5.74, 6) is -2.63. The Hall–Kier alpha value is -1.95. The van der Waals surface area contributed by atoms with Crippen molar-refractivity contribution in [1.29, 1.82) is 0 Å². The Labute approximate surface area is 122 Å². The van der Waals surface area contributed by atoms with E-state index in [0.29, 0.717) is 18.4 Å². The lowest BCUT2D eigenvalue weighted by Crippen LogP contribution is -2.58. The zero-order chi connectivity index (χ0) is 15.8. The minimum atomic E-state index is -1.29. The fourth-order valence-electron chi connectivity index (χ4n) is 3.46. The molecule has 2 atom stereocenters. The average Bonchev–Trinajstić information content (AvgIpc) is 2.35. The Kier molecular flexibility index (Phi) is 4.00. The van der Waals surface area contributed by atoms with Crippen molar-refractivity contribution in [2.24, 2.45) is 0 Å². The van der Waals surface area contributed by atoms with Gasteiger partial charge in [-0.1, -0.05) is 6.08 Å². The van der Waals surface area contributed by atoms with Crippen LogP contribution in [0.25, 0.3) is 0 Å². The minimum absolute atomic E-state index is 0.0687. The molecule has 2 bridgehead atoms. The van der Waals surface area contributed by atoms with Gasteiger partial charge in [-0.3, -0.25) is 9.69 Å². The molecule has 21 heavy (non-hydrogen) atoms. The van der Waals surface area contributed by atoms with E-state index < -0.39 is 17.5 Å². The maximum absolute atomic E-state index is 11.7. The zero-order valence-electron chi connectivity index (χ0n) is 12.1. The predicted molar refractivity (Wildman–Crippen MR) is 74.9 cm³/mol. The van der Waals surface area contributed by atoms with Crippen LogP contribution in [-0.4, -0.2) is 51.5 Å². The highest BCUT2D eigenvalue weighted by Crippen LogP contribution is 2.44. The molecule has 0 aliphatic carbocycles. The maximum atomic E-state index is 11.7. The third-order valence-corrected chi connectivity index (χ3v) is 4.56. The average molecular weight is 293 g/mol. The number of carboxylic acids is 2. The number of fused-ring (bicyclic) bond motifs is 2. The molecule has 1 saturated heterocycles. The van der Waals surface area contributed by atoms with Gasteiger partial charge in [0.1, 0.15) is 0 Å². The van der Waals surface area contributed by atoms with E-state index in [-0.39, 0.29) is 17.4 Å². The molecule has 0 aromatic carbocycles. The Morgan fingerprint density at radius 2 is 2.05 bits per heavy atom. The largest absolute Gasteiger partial charge is 0.478 e. The van der Waals surface area contributed by atoms with Crippen molar-refractivity contribution in [2.75, 3.05) is 7.05 Å². The first-order chi connectivity index (χ1) is 9.78. The third kappa shape index (κ3) is 2.63. The van der Waals surface area contributed by atoms with E-state index in [1.807, 2.05) is 4.90 Å². The molecule has 0 aromatic heterocycles. The summed E-state index contributed by atoms with van der Waals surface area (Å²) < 4.78 is 0. The molecule has 2 unspecified atom stereocenters. The fraction of sp³-hybridized carbons (Fsp3) is 0.533. The summed E-state index contributed by atoms with van der Waals surface area (Å²) >= 11 is 0. The van der Waals surface area contributed by atoms with Gasteiger partial charge >= 0.3 is 11.9 Å². The van der Waals surface area contributed by atoms with Crippen molar-refractivity contribution in [3.63, 3.8) is 0 Å². The molecule has 0 spiro atoms. The standard InChI is InChI=1S/C15H19NO5/c1-9(17)10-6-11-4-3-5-15(8-10,16(11)2)12(14(20)21)7-13(18)19/h7-8,11H,3-6H2,1-2H3,(H,18,19)(H,20,21)/b12-7-. The first kappa shape index (κ1) is 15.4. The quantitative estimate of drug-likeness (QED) is 0.757. The summed E-state index contributed by atoms with van der Waals surface area (Å²) in [6.07, 6.45) is 5.19. The predicted octanol–water partition coefficient (Wildman–Crippen LogP) is 1.22. The van der Waals surface area contributed by atoms with Gasteiger partial charge in [-0.2, -0.15) is 0 Å². The second kappa shape index (κ2) is 5.44. The van der Waals surface area contributed by atoms with Crippen LogP contribution in [0.15, 0.2) is 23.3 Å². The van der Waals surface area contributed by atoms with Gasteiger partial charge in [-0.15, -0.1) is 0 Å². The van der Waals surface area contributed by atoms with Crippen molar-refractivity contribution in [3.8, 4) is 0 Å². The lowest BCUT2D eigenvalue weighted by Gasteiger charge is -2.51.